The van der Waals surface area contributed by atoms with E-state index in [-0.39, 0.29) is 45.9 Å². The number of nitrogen functional groups attached to an aromatic ring is 1. The minimum atomic E-state index is -0.592. The molecular formula is C29H26ClFN6O2S. The summed E-state index contributed by atoms with van der Waals surface area (Å²) in [6, 6.07) is 15.1. The van der Waals surface area contributed by atoms with Gasteiger partial charge in [-0.25, -0.2) is 14.4 Å². The molecule has 5 rings (SSSR count). The van der Waals surface area contributed by atoms with Crippen molar-refractivity contribution in [2.24, 2.45) is 0 Å². The van der Waals surface area contributed by atoms with Crippen molar-refractivity contribution in [1.29, 1.82) is 5.41 Å². The average molecular weight is 577 g/mol. The fourth-order valence-corrected chi connectivity index (χ4v) is 5.64. The van der Waals surface area contributed by atoms with Crippen molar-refractivity contribution in [3.63, 3.8) is 0 Å². The molecule has 0 saturated carbocycles. The number of thiazole rings is 1. The van der Waals surface area contributed by atoms with Crippen molar-refractivity contribution in [2.75, 3.05) is 11.1 Å². The van der Waals surface area contributed by atoms with E-state index in [1.807, 2.05) is 43.3 Å². The predicted octanol–water partition coefficient (Wildman–Crippen LogP) is 6.57. The molecule has 4 N–H and O–H groups in total. The van der Waals surface area contributed by atoms with E-state index in [2.05, 4.69) is 15.3 Å². The van der Waals surface area contributed by atoms with Crippen LogP contribution >= 0.6 is 22.9 Å². The van der Waals surface area contributed by atoms with E-state index in [9.17, 15) is 9.18 Å². The van der Waals surface area contributed by atoms with Crippen LogP contribution in [0.15, 0.2) is 71.1 Å². The van der Waals surface area contributed by atoms with E-state index < -0.39 is 11.9 Å². The van der Waals surface area contributed by atoms with Crippen LogP contribution < -0.4 is 21.3 Å². The van der Waals surface area contributed by atoms with E-state index in [1.165, 1.54) is 34.2 Å². The molecule has 204 valence electrons. The number of benzene rings is 2. The third kappa shape index (κ3) is 5.15. The Labute approximate surface area is 238 Å². The Morgan fingerprint density at radius 2 is 1.90 bits per heavy atom. The molecule has 40 heavy (non-hydrogen) atoms. The number of rotatable bonds is 8. The smallest absolute Gasteiger partial charge is 0.265 e. The third-order valence-corrected chi connectivity index (χ3v) is 7.58. The molecule has 8 nitrogen and oxygen atoms in total. The van der Waals surface area contributed by atoms with Crippen molar-refractivity contribution in [3.05, 3.63) is 104 Å². The highest BCUT2D eigenvalue weighted by Crippen LogP contribution is 2.33. The first kappa shape index (κ1) is 27.3. The van der Waals surface area contributed by atoms with Gasteiger partial charge < -0.3 is 15.8 Å². The van der Waals surface area contributed by atoms with E-state index in [4.69, 9.17) is 27.5 Å². The highest BCUT2D eigenvalue weighted by Gasteiger charge is 2.23. The van der Waals surface area contributed by atoms with Gasteiger partial charge in [0.25, 0.3) is 5.56 Å². The minimum Gasteiger partial charge on any atom is -0.488 e. The lowest BCUT2D eigenvalue weighted by Gasteiger charge is -2.21. The van der Waals surface area contributed by atoms with E-state index >= 15 is 0 Å². The number of nitrogens with one attached hydrogen (secondary N) is 2. The van der Waals surface area contributed by atoms with Crippen LogP contribution in [0.4, 0.5) is 16.0 Å². The van der Waals surface area contributed by atoms with Gasteiger partial charge in [0.15, 0.2) is 11.6 Å². The van der Waals surface area contributed by atoms with E-state index in [0.717, 1.165) is 5.56 Å². The number of nitrogens with two attached hydrogens (primary N) is 1. The number of nitrogens with zero attached hydrogens (tertiary/aromatic N) is 3. The number of ether oxygens (including phenoxy) is 1. The first-order chi connectivity index (χ1) is 19.2. The molecule has 11 heteroatoms. The Morgan fingerprint density at radius 3 is 2.60 bits per heavy atom. The van der Waals surface area contributed by atoms with Gasteiger partial charge in [-0.1, -0.05) is 41.9 Å². The molecule has 0 bridgehead atoms. The molecule has 5 aromatic rings. The SMILES string of the molecule is CC(C)Oc1ccc(C(=N)c2c(N)ncnc2N[C@H](C)c2cc3scc(Cl)n3c(=O)c2-c2ccccc2)cc1F. The molecule has 0 aliphatic heterocycles. The normalized spacial score (nSPS) is 12.1. The summed E-state index contributed by atoms with van der Waals surface area (Å²) in [5.41, 5.74) is 8.34. The maximum atomic E-state index is 14.8. The Hall–Kier alpha value is -4.28. The van der Waals surface area contributed by atoms with Crippen LogP contribution in [0.1, 0.15) is 43.5 Å². The molecule has 1 atom stereocenters. The zero-order valence-electron chi connectivity index (χ0n) is 21.9. The van der Waals surface area contributed by atoms with Crippen LogP contribution in [0.2, 0.25) is 5.15 Å². The topological polar surface area (TPSA) is 118 Å². The lowest BCUT2D eigenvalue weighted by atomic mass is 9.96. The first-order valence-corrected chi connectivity index (χ1v) is 13.7. The number of pyridine rings is 1. The average Bonchev–Trinajstić information content (AvgIpc) is 3.30. The molecule has 0 saturated heterocycles. The number of halogens is 2. The Bertz CT molecular complexity index is 1790. The third-order valence-electron chi connectivity index (χ3n) is 6.29. The van der Waals surface area contributed by atoms with Gasteiger partial charge in [-0.05, 0) is 56.2 Å². The van der Waals surface area contributed by atoms with Gasteiger partial charge in [0, 0.05) is 10.9 Å². The summed E-state index contributed by atoms with van der Waals surface area (Å²) in [5, 5.41) is 14.2. The molecule has 0 spiro atoms. The number of aromatic nitrogens is 3. The van der Waals surface area contributed by atoms with Crippen LogP contribution in [0.25, 0.3) is 16.0 Å². The Kier molecular flexibility index (Phi) is 7.55. The number of hydrogen-bond acceptors (Lipinski definition) is 8. The van der Waals surface area contributed by atoms with Crippen LogP contribution in [-0.4, -0.2) is 26.2 Å². The fourth-order valence-electron chi connectivity index (χ4n) is 4.48. The van der Waals surface area contributed by atoms with E-state index in [1.54, 1.807) is 25.3 Å². The maximum Gasteiger partial charge on any atom is 0.265 e. The summed E-state index contributed by atoms with van der Waals surface area (Å²) in [7, 11) is 0. The van der Waals surface area contributed by atoms with Crippen LogP contribution in [0, 0.1) is 11.2 Å². The monoisotopic (exact) mass is 576 g/mol. The van der Waals surface area contributed by atoms with Gasteiger partial charge in [0.05, 0.1) is 29.0 Å². The summed E-state index contributed by atoms with van der Waals surface area (Å²) < 4.78 is 21.7. The minimum absolute atomic E-state index is 0.0569. The highest BCUT2D eigenvalue weighted by molar-refractivity contribution is 7.16. The quantitative estimate of drug-likeness (QED) is 0.180. The highest BCUT2D eigenvalue weighted by atomic mass is 35.5. The number of anilines is 2. The van der Waals surface area contributed by atoms with Crippen molar-refractivity contribution >= 4 is 45.1 Å². The summed E-state index contributed by atoms with van der Waals surface area (Å²) >= 11 is 7.71. The van der Waals surface area contributed by atoms with Gasteiger partial charge in [-0.15, -0.1) is 11.3 Å². The molecule has 0 radical (unpaired) electrons. The molecular weight excluding hydrogens is 551 g/mol. The predicted molar refractivity (Wildman–Crippen MR) is 159 cm³/mol. The molecule has 0 aliphatic rings. The number of hydrogen-bond donors (Lipinski definition) is 3. The molecule has 0 unspecified atom stereocenters. The van der Waals surface area contributed by atoms with Crippen molar-refractivity contribution in [3.8, 4) is 16.9 Å². The molecule has 0 fully saturated rings. The van der Waals surface area contributed by atoms with Crippen molar-refractivity contribution in [1.82, 2.24) is 14.4 Å². The lowest BCUT2D eigenvalue weighted by molar-refractivity contribution is 0.231. The molecule has 0 aliphatic carbocycles. The van der Waals surface area contributed by atoms with Gasteiger partial charge >= 0.3 is 0 Å². The van der Waals surface area contributed by atoms with Crippen LogP contribution in [0.3, 0.4) is 0 Å². The second kappa shape index (κ2) is 11.1. The zero-order valence-corrected chi connectivity index (χ0v) is 23.5. The summed E-state index contributed by atoms with van der Waals surface area (Å²) in [4.78, 5) is 22.8. The molecule has 2 aromatic carbocycles. The standard InChI is InChI=1S/C29H26ClFN6O2S/c1-15(2)39-21-10-9-18(11-20(21)31)26(32)25-27(33)34-14-35-28(25)36-16(3)19-12-23-37(22(30)13-40-23)29(38)24(19)17-7-5-4-6-8-17/h4-16,32H,1-3H3,(H3,33,34,35,36)/t16-/m1/s1. The number of fused-ring (bicyclic) bond motifs is 1. The lowest BCUT2D eigenvalue weighted by Crippen LogP contribution is -2.21. The van der Waals surface area contributed by atoms with Gasteiger partial charge in [0.2, 0.25) is 0 Å². The fraction of sp³-hybridized carbons (Fsp3) is 0.172. The van der Waals surface area contributed by atoms with Crippen molar-refractivity contribution in [2.45, 2.75) is 32.9 Å². The van der Waals surface area contributed by atoms with Crippen LogP contribution in [0.5, 0.6) is 5.75 Å². The molecule has 3 heterocycles. The Morgan fingerprint density at radius 1 is 1.15 bits per heavy atom. The van der Waals surface area contributed by atoms with Gasteiger partial charge in [-0.2, -0.15) is 0 Å². The second-order valence-corrected chi connectivity index (χ2v) is 10.7. The molecule has 0 amide bonds. The largest absolute Gasteiger partial charge is 0.488 e. The van der Waals surface area contributed by atoms with Crippen LogP contribution in [-0.2, 0) is 0 Å². The second-order valence-electron chi connectivity index (χ2n) is 9.41. The first-order valence-electron chi connectivity index (χ1n) is 12.5. The summed E-state index contributed by atoms with van der Waals surface area (Å²) in [5.74, 6) is -0.164. The summed E-state index contributed by atoms with van der Waals surface area (Å²) in [6.07, 6.45) is 1.09. The molecule has 3 aromatic heterocycles. The Balaban J connectivity index is 1.56. The van der Waals surface area contributed by atoms with Gasteiger partial charge in [-0.3, -0.25) is 14.6 Å². The van der Waals surface area contributed by atoms with E-state index in [0.29, 0.717) is 21.1 Å². The zero-order chi connectivity index (χ0) is 28.6. The van der Waals surface area contributed by atoms with Gasteiger partial charge in [0.1, 0.15) is 27.9 Å². The summed E-state index contributed by atoms with van der Waals surface area (Å²) in [6.45, 7) is 5.49. The maximum absolute atomic E-state index is 14.8. The van der Waals surface area contributed by atoms with Crippen molar-refractivity contribution < 1.29 is 9.13 Å².